The summed E-state index contributed by atoms with van der Waals surface area (Å²) in [7, 11) is 0. The Labute approximate surface area is 388 Å². The average Bonchev–Trinajstić information content (AvgIpc) is 3.29. The molecule has 0 radical (unpaired) electrons. The van der Waals surface area contributed by atoms with Gasteiger partial charge < -0.3 is 11.5 Å². The fourth-order valence-electron chi connectivity index (χ4n) is 11.5. The van der Waals surface area contributed by atoms with Crippen molar-refractivity contribution >= 4 is 11.4 Å². The number of aryl methyl sites for hydroxylation is 2. The van der Waals surface area contributed by atoms with Crippen molar-refractivity contribution in [3.05, 3.63) is 129 Å². The zero-order valence-corrected chi connectivity index (χ0v) is 41.3. The highest BCUT2D eigenvalue weighted by molar-refractivity contribution is 5.51. The van der Waals surface area contributed by atoms with Gasteiger partial charge in [0.2, 0.25) is 0 Å². The van der Waals surface area contributed by atoms with Crippen LogP contribution in [0.2, 0.25) is 0 Å². The third-order valence-electron chi connectivity index (χ3n) is 15.4. The third-order valence-corrected chi connectivity index (χ3v) is 15.4. The number of anilines is 2. The molecule has 4 aromatic carbocycles. The minimum absolute atomic E-state index is 0.0474. The van der Waals surface area contributed by atoms with Gasteiger partial charge in [-0.3, -0.25) is 0 Å². The first-order chi connectivity index (χ1) is 30.8. The summed E-state index contributed by atoms with van der Waals surface area (Å²) < 4.78 is 0. The van der Waals surface area contributed by atoms with Crippen LogP contribution in [-0.4, -0.2) is 0 Å². The molecule has 346 valence electrons. The van der Waals surface area contributed by atoms with Crippen LogP contribution in [0.5, 0.6) is 0 Å². The van der Waals surface area contributed by atoms with E-state index in [1.54, 1.807) is 0 Å². The second-order valence-electron chi connectivity index (χ2n) is 20.3. The van der Waals surface area contributed by atoms with Crippen molar-refractivity contribution in [3.63, 3.8) is 0 Å². The van der Waals surface area contributed by atoms with E-state index in [1.807, 2.05) is 0 Å². The molecule has 63 heavy (non-hydrogen) atoms. The zero-order valence-electron chi connectivity index (χ0n) is 41.3. The fourth-order valence-corrected chi connectivity index (χ4v) is 11.5. The summed E-state index contributed by atoms with van der Waals surface area (Å²) in [5, 5.41) is 0. The van der Waals surface area contributed by atoms with Gasteiger partial charge in [-0.05, 0) is 127 Å². The minimum atomic E-state index is 0.0474. The van der Waals surface area contributed by atoms with E-state index in [4.69, 9.17) is 11.5 Å². The maximum absolute atomic E-state index is 6.30. The predicted molar refractivity (Wildman–Crippen MR) is 278 cm³/mol. The van der Waals surface area contributed by atoms with Crippen LogP contribution < -0.4 is 11.5 Å². The van der Waals surface area contributed by atoms with Gasteiger partial charge in [0.05, 0.1) is 0 Å². The summed E-state index contributed by atoms with van der Waals surface area (Å²) in [4.78, 5) is 0. The Hall–Kier alpha value is -3.52. The van der Waals surface area contributed by atoms with Gasteiger partial charge in [-0.25, -0.2) is 0 Å². The first-order valence-electron chi connectivity index (χ1n) is 26.7. The number of hydrogen-bond acceptors (Lipinski definition) is 2. The minimum Gasteiger partial charge on any atom is -0.399 e. The van der Waals surface area contributed by atoms with E-state index >= 15 is 0 Å². The van der Waals surface area contributed by atoms with Gasteiger partial charge in [-0.1, -0.05) is 223 Å². The van der Waals surface area contributed by atoms with Crippen molar-refractivity contribution < 1.29 is 0 Å². The molecular weight excluding hydrogens is 761 g/mol. The molecule has 2 heteroatoms. The second kappa shape index (κ2) is 27.7. The van der Waals surface area contributed by atoms with Crippen LogP contribution in [0.15, 0.2) is 84.9 Å². The Kier molecular flexibility index (Phi) is 22.2. The van der Waals surface area contributed by atoms with Crippen molar-refractivity contribution in [3.8, 4) is 0 Å². The Balaban J connectivity index is 1.37. The van der Waals surface area contributed by atoms with Crippen molar-refractivity contribution in [2.45, 2.75) is 232 Å². The zero-order chi connectivity index (χ0) is 44.7. The van der Waals surface area contributed by atoms with Crippen LogP contribution in [0.25, 0.3) is 0 Å². The molecule has 5 rings (SSSR count). The highest BCUT2D eigenvalue weighted by Gasteiger charge is 2.38. The fraction of sp³-hybridized carbons (Fsp3) is 0.607. The number of unbranched alkanes of at least 4 members (excludes halogenated alkanes) is 18. The summed E-state index contributed by atoms with van der Waals surface area (Å²) in [6.07, 6.45) is 37.5. The molecule has 1 saturated carbocycles. The van der Waals surface area contributed by atoms with Crippen LogP contribution in [-0.2, 0) is 5.41 Å². The number of rotatable bonds is 30. The molecule has 0 aromatic heterocycles. The van der Waals surface area contributed by atoms with E-state index < -0.39 is 0 Å². The molecule has 1 aliphatic carbocycles. The van der Waals surface area contributed by atoms with Gasteiger partial charge in [-0.2, -0.15) is 0 Å². The van der Waals surface area contributed by atoms with E-state index in [9.17, 15) is 0 Å². The highest BCUT2D eigenvalue weighted by atomic mass is 14.5. The monoisotopic (exact) mass is 853 g/mol. The van der Waals surface area contributed by atoms with Crippen LogP contribution in [0.1, 0.15) is 257 Å². The molecule has 1 aliphatic rings. The van der Waals surface area contributed by atoms with Gasteiger partial charge in [-0.15, -0.1) is 0 Å². The highest BCUT2D eigenvalue weighted by Crippen LogP contribution is 2.49. The molecule has 2 unspecified atom stereocenters. The maximum atomic E-state index is 6.30. The van der Waals surface area contributed by atoms with Gasteiger partial charge >= 0.3 is 0 Å². The van der Waals surface area contributed by atoms with Gasteiger partial charge in [0.25, 0.3) is 0 Å². The third kappa shape index (κ3) is 15.6. The van der Waals surface area contributed by atoms with Crippen LogP contribution in [0, 0.1) is 19.8 Å². The molecule has 0 bridgehead atoms. The topological polar surface area (TPSA) is 52.0 Å². The number of hydrogen-bond donors (Lipinski definition) is 2. The summed E-state index contributed by atoms with van der Waals surface area (Å²) >= 11 is 0. The molecule has 0 spiro atoms. The molecule has 2 atom stereocenters. The van der Waals surface area contributed by atoms with E-state index in [0.29, 0.717) is 11.8 Å². The second-order valence-corrected chi connectivity index (χ2v) is 20.3. The standard InChI is InChI=1S/C61H92N2/c1-6-9-12-14-16-18-20-22-25-28-59(57-40-38-55(62)46-48(57)4)51-30-34-53(35-31-51)61(44-42-50(43-45-61)27-24-11-8-3)54-36-32-52(33-37-54)60(58-41-39-56(63)47-49(58)5)29-26-23-21-19-17-15-13-10-7-2/h30-41,46-47,50,59-60H,6-29,42-45,62-63H2,1-5H3. The predicted octanol–water partition coefficient (Wildman–Crippen LogP) is 18.6. The van der Waals surface area contributed by atoms with Crippen molar-refractivity contribution in [2.24, 2.45) is 5.92 Å². The molecule has 4 N–H and O–H groups in total. The lowest BCUT2D eigenvalue weighted by atomic mass is 9.62. The molecule has 2 nitrogen and oxygen atoms in total. The SMILES string of the molecule is CCCCCCCCCCCC(c1ccc(C2(c3ccc(C(CCCCCCCCCCC)c4ccc(N)cc4C)cc3)CCC(CCCCC)CC2)cc1)c1ccc(N)cc1C. The molecule has 0 aliphatic heterocycles. The van der Waals surface area contributed by atoms with Gasteiger partial charge in [0.1, 0.15) is 0 Å². The summed E-state index contributed by atoms with van der Waals surface area (Å²) in [6, 6.07) is 33.4. The van der Waals surface area contributed by atoms with Crippen LogP contribution >= 0.6 is 0 Å². The Bertz CT molecular complexity index is 1710. The Morgan fingerprint density at radius 3 is 1.16 bits per heavy atom. The lowest BCUT2D eigenvalue weighted by Gasteiger charge is -2.42. The van der Waals surface area contributed by atoms with Crippen molar-refractivity contribution in [2.75, 3.05) is 11.5 Å². The van der Waals surface area contributed by atoms with E-state index in [0.717, 1.165) is 17.3 Å². The summed E-state index contributed by atoms with van der Waals surface area (Å²) in [6.45, 7) is 11.5. The molecular formula is C61H92N2. The van der Waals surface area contributed by atoms with Crippen molar-refractivity contribution in [1.29, 1.82) is 0 Å². The lowest BCUT2D eigenvalue weighted by Crippen LogP contribution is -2.33. The average molecular weight is 853 g/mol. The molecule has 1 fully saturated rings. The summed E-state index contributed by atoms with van der Waals surface area (Å²) in [5.41, 5.74) is 25.9. The smallest absolute Gasteiger partial charge is 0.0316 e. The summed E-state index contributed by atoms with van der Waals surface area (Å²) in [5.74, 6) is 1.65. The molecule has 0 heterocycles. The largest absolute Gasteiger partial charge is 0.399 e. The van der Waals surface area contributed by atoms with Gasteiger partial charge in [0, 0.05) is 28.6 Å². The number of nitrogens with two attached hydrogens (primary N) is 2. The Morgan fingerprint density at radius 1 is 0.444 bits per heavy atom. The van der Waals surface area contributed by atoms with Crippen LogP contribution in [0.4, 0.5) is 11.4 Å². The number of nitrogen functional groups attached to an aromatic ring is 2. The van der Waals surface area contributed by atoms with E-state index in [-0.39, 0.29) is 5.41 Å². The number of benzene rings is 4. The maximum Gasteiger partial charge on any atom is 0.0316 e. The first kappa shape index (κ1) is 50.5. The van der Waals surface area contributed by atoms with E-state index in [2.05, 4.69) is 120 Å². The molecule has 0 saturated heterocycles. The Morgan fingerprint density at radius 2 is 0.794 bits per heavy atom. The normalized spacial score (nSPS) is 17.5. The van der Waals surface area contributed by atoms with Gasteiger partial charge in [0.15, 0.2) is 0 Å². The first-order valence-corrected chi connectivity index (χ1v) is 26.7. The quantitative estimate of drug-likeness (QED) is 0.0406. The van der Waals surface area contributed by atoms with E-state index in [1.165, 1.54) is 224 Å². The molecule has 0 amide bonds. The van der Waals surface area contributed by atoms with Crippen LogP contribution in [0.3, 0.4) is 0 Å². The van der Waals surface area contributed by atoms with Crippen molar-refractivity contribution in [1.82, 2.24) is 0 Å². The molecule has 4 aromatic rings. The lowest BCUT2D eigenvalue weighted by molar-refractivity contribution is 0.250.